The highest BCUT2D eigenvalue weighted by Gasteiger charge is 2.22. The SMILES string of the molecule is Cc1cc(NS(=O)(=O)c2ccc3c(c2)c(=O)sn3C)c(NS(=O)(=O)c2cccs2)cc1C. The zero-order chi connectivity index (χ0) is 23.3. The highest BCUT2D eigenvalue weighted by atomic mass is 32.2. The van der Waals surface area contributed by atoms with E-state index in [1.807, 2.05) is 0 Å². The number of fused-ring (bicyclic) bond motifs is 1. The van der Waals surface area contributed by atoms with Crippen LogP contribution in [0, 0.1) is 13.8 Å². The van der Waals surface area contributed by atoms with Crippen molar-refractivity contribution in [2.45, 2.75) is 23.0 Å². The number of benzene rings is 2. The number of anilines is 2. The topological polar surface area (TPSA) is 114 Å². The quantitative estimate of drug-likeness (QED) is 0.409. The molecule has 12 heteroatoms. The third-order valence-corrected chi connectivity index (χ3v) is 9.92. The van der Waals surface area contributed by atoms with Crippen molar-refractivity contribution >= 4 is 65.2 Å². The minimum absolute atomic E-state index is 0.0894. The number of aryl methyl sites for hydroxylation is 3. The molecule has 0 unspecified atom stereocenters. The van der Waals surface area contributed by atoms with Gasteiger partial charge in [-0.05, 0) is 78.3 Å². The lowest BCUT2D eigenvalue weighted by molar-refractivity contribution is 0.599. The van der Waals surface area contributed by atoms with E-state index in [4.69, 9.17) is 0 Å². The van der Waals surface area contributed by atoms with Crippen LogP contribution in [0.1, 0.15) is 11.1 Å². The van der Waals surface area contributed by atoms with Gasteiger partial charge in [-0.1, -0.05) is 6.07 Å². The van der Waals surface area contributed by atoms with Crippen molar-refractivity contribution in [3.8, 4) is 0 Å². The summed E-state index contributed by atoms with van der Waals surface area (Å²) in [7, 11) is -6.26. The van der Waals surface area contributed by atoms with Crippen LogP contribution in [0.4, 0.5) is 11.4 Å². The first-order chi connectivity index (χ1) is 15.0. The average Bonchev–Trinajstić information content (AvgIpc) is 3.35. The van der Waals surface area contributed by atoms with Crippen molar-refractivity contribution in [3.63, 3.8) is 0 Å². The lowest BCUT2D eigenvalue weighted by atomic mass is 10.1. The monoisotopic (exact) mass is 509 g/mol. The zero-order valence-electron chi connectivity index (χ0n) is 17.2. The van der Waals surface area contributed by atoms with E-state index in [2.05, 4.69) is 9.44 Å². The van der Waals surface area contributed by atoms with Crippen molar-refractivity contribution in [2.75, 3.05) is 9.44 Å². The zero-order valence-corrected chi connectivity index (χ0v) is 20.5. The summed E-state index contributed by atoms with van der Waals surface area (Å²) in [5.41, 5.74) is 2.41. The van der Waals surface area contributed by atoms with Crippen molar-refractivity contribution < 1.29 is 16.8 Å². The van der Waals surface area contributed by atoms with Gasteiger partial charge in [0.15, 0.2) is 0 Å². The number of thiophene rings is 1. The van der Waals surface area contributed by atoms with Crippen molar-refractivity contribution in [2.24, 2.45) is 7.05 Å². The van der Waals surface area contributed by atoms with Gasteiger partial charge in [0.25, 0.3) is 24.8 Å². The number of nitrogens with zero attached hydrogens (tertiary/aromatic N) is 1. The molecule has 0 spiro atoms. The first-order valence-electron chi connectivity index (χ1n) is 9.28. The van der Waals surface area contributed by atoms with Crippen LogP contribution in [0.15, 0.2) is 61.7 Å². The van der Waals surface area contributed by atoms with Crippen LogP contribution in [-0.2, 0) is 27.1 Å². The van der Waals surface area contributed by atoms with E-state index in [9.17, 15) is 21.6 Å². The molecule has 2 aromatic carbocycles. The maximum atomic E-state index is 13.1. The molecule has 8 nitrogen and oxygen atoms in total. The van der Waals surface area contributed by atoms with Gasteiger partial charge in [-0.2, -0.15) is 0 Å². The Labute approximate surface area is 193 Å². The van der Waals surface area contributed by atoms with E-state index in [1.54, 1.807) is 54.5 Å². The molecule has 2 heterocycles. The molecule has 0 atom stereocenters. The molecule has 2 aromatic heterocycles. The molecule has 4 aromatic rings. The summed E-state index contributed by atoms with van der Waals surface area (Å²) in [5.74, 6) is 0. The molecule has 0 aliphatic carbocycles. The summed E-state index contributed by atoms with van der Waals surface area (Å²) in [6.07, 6.45) is 0. The maximum Gasteiger partial charge on any atom is 0.271 e. The molecule has 0 fully saturated rings. The third-order valence-electron chi connectivity index (χ3n) is 4.94. The number of aromatic nitrogens is 1. The van der Waals surface area contributed by atoms with E-state index < -0.39 is 20.0 Å². The molecule has 2 N–H and O–H groups in total. The van der Waals surface area contributed by atoms with Gasteiger partial charge in [0.1, 0.15) is 4.21 Å². The predicted molar refractivity (Wildman–Crippen MR) is 129 cm³/mol. The van der Waals surface area contributed by atoms with E-state index in [0.717, 1.165) is 34.0 Å². The minimum Gasteiger partial charge on any atom is -0.297 e. The van der Waals surface area contributed by atoms with Gasteiger partial charge < -0.3 is 0 Å². The smallest absolute Gasteiger partial charge is 0.271 e. The van der Waals surface area contributed by atoms with Crippen LogP contribution in [0.2, 0.25) is 0 Å². The fraction of sp³-hybridized carbons (Fsp3) is 0.150. The Hall–Kier alpha value is -2.67. The van der Waals surface area contributed by atoms with Crippen molar-refractivity contribution in [1.29, 1.82) is 0 Å². The Balaban J connectivity index is 1.76. The van der Waals surface area contributed by atoms with Gasteiger partial charge in [0.2, 0.25) is 0 Å². The number of hydrogen-bond acceptors (Lipinski definition) is 7. The molecule has 0 bridgehead atoms. The van der Waals surface area contributed by atoms with E-state index in [0.29, 0.717) is 10.9 Å². The van der Waals surface area contributed by atoms with Crippen LogP contribution in [-0.4, -0.2) is 20.8 Å². The number of hydrogen-bond donors (Lipinski definition) is 2. The molecule has 0 amide bonds. The average molecular weight is 510 g/mol. The van der Waals surface area contributed by atoms with E-state index in [1.165, 1.54) is 18.2 Å². The molecular formula is C20H19N3O5S4. The summed E-state index contributed by atoms with van der Waals surface area (Å²) >= 11 is 2.04. The van der Waals surface area contributed by atoms with Crippen LogP contribution in [0.3, 0.4) is 0 Å². The van der Waals surface area contributed by atoms with Gasteiger partial charge in [-0.3, -0.25) is 18.2 Å². The van der Waals surface area contributed by atoms with E-state index in [-0.39, 0.29) is 25.2 Å². The maximum absolute atomic E-state index is 13.1. The summed E-state index contributed by atoms with van der Waals surface area (Å²) < 4.78 is 58.2. The van der Waals surface area contributed by atoms with Crippen molar-refractivity contribution in [3.05, 3.63) is 68.5 Å². The molecule has 0 saturated carbocycles. The van der Waals surface area contributed by atoms with Crippen LogP contribution in [0.25, 0.3) is 10.9 Å². The highest BCUT2D eigenvalue weighted by Crippen LogP contribution is 2.31. The fourth-order valence-electron chi connectivity index (χ4n) is 3.14. The Morgan fingerprint density at radius 2 is 1.50 bits per heavy atom. The molecule has 0 saturated heterocycles. The minimum atomic E-state index is -4.10. The molecular weight excluding hydrogens is 491 g/mol. The molecule has 0 aliphatic heterocycles. The second-order valence-electron chi connectivity index (χ2n) is 7.18. The highest BCUT2D eigenvalue weighted by molar-refractivity contribution is 7.94. The summed E-state index contributed by atoms with van der Waals surface area (Å²) in [5, 5.41) is 1.95. The summed E-state index contributed by atoms with van der Waals surface area (Å²) in [6, 6.07) is 10.5. The Morgan fingerprint density at radius 1 is 0.875 bits per heavy atom. The number of nitrogens with one attached hydrogen (secondary N) is 2. The van der Waals surface area contributed by atoms with E-state index >= 15 is 0 Å². The lowest BCUT2D eigenvalue weighted by Crippen LogP contribution is -2.17. The number of rotatable bonds is 6. The van der Waals surface area contributed by atoms with Crippen LogP contribution < -0.4 is 14.2 Å². The number of sulfonamides is 2. The van der Waals surface area contributed by atoms with Gasteiger partial charge in [-0.25, -0.2) is 16.8 Å². The Morgan fingerprint density at radius 3 is 2.09 bits per heavy atom. The Kier molecular flexibility index (Phi) is 5.65. The summed E-state index contributed by atoms with van der Waals surface area (Å²) in [4.78, 5) is 12.1. The lowest BCUT2D eigenvalue weighted by Gasteiger charge is -2.16. The fourth-order valence-corrected chi connectivity index (χ4v) is 7.07. The van der Waals surface area contributed by atoms with Crippen LogP contribution in [0.5, 0.6) is 0 Å². The third kappa shape index (κ3) is 4.18. The van der Waals surface area contributed by atoms with Gasteiger partial charge in [-0.15, -0.1) is 11.3 Å². The van der Waals surface area contributed by atoms with Gasteiger partial charge in [0.05, 0.1) is 27.2 Å². The molecule has 168 valence electrons. The van der Waals surface area contributed by atoms with Gasteiger partial charge >= 0.3 is 0 Å². The largest absolute Gasteiger partial charge is 0.297 e. The standard InChI is InChI=1S/C20H19N3O5S4/c1-12-9-16(17(10-13(12)2)22-32(27,28)19-5-4-8-29-19)21-31(25,26)14-6-7-18-15(11-14)20(24)30-23(18)3/h4-11,21-22H,1-3H3. The van der Waals surface area contributed by atoms with Gasteiger partial charge in [0, 0.05) is 7.05 Å². The van der Waals surface area contributed by atoms with Crippen LogP contribution >= 0.6 is 22.9 Å². The Bertz CT molecular complexity index is 1600. The normalized spacial score (nSPS) is 12.2. The second kappa shape index (κ2) is 8.03. The second-order valence-corrected chi connectivity index (χ2v) is 12.8. The molecule has 32 heavy (non-hydrogen) atoms. The van der Waals surface area contributed by atoms with Crippen molar-refractivity contribution in [1.82, 2.24) is 3.96 Å². The first kappa shape index (κ1) is 22.5. The first-order valence-corrected chi connectivity index (χ1v) is 13.9. The predicted octanol–water partition coefficient (Wildman–Crippen LogP) is 3.88. The molecule has 0 radical (unpaired) electrons. The molecule has 0 aliphatic rings. The summed E-state index contributed by atoms with van der Waals surface area (Å²) in [6.45, 7) is 3.60. The molecule has 4 rings (SSSR count).